The van der Waals surface area contributed by atoms with Gasteiger partial charge in [-0.2, -0.15) is 0 Å². The number of rotatable bonds is 8. The zero-order chi connectivity index (χ0) is 16.5. The van der Waals surface area contributed by atoms with Crippen molar-refractivity contribution in [2.24, 2.45) is 0 Å². The Labute approximate surface area is 145 Å². The molecule has 0 aliphatic heterocycles. The van der Waals surface area contributed by atoms with Crippen LogP contribution < -0.4 is 10.6 Å². The number of hydrogen-bond acceptors (Lipinski definition) is 3. The summed E-state index contributed by atoms with van der Waals surface area (Å²) >= 11 is 7.38. The molecule has 1 heterocycles. The lowest BCUT2D eigenvalue weighted by Crippen LogP contribution is -2.38. The first kappa shape index (κ1) is 17.8. The van der Waals surface area contributed by atoms with Gasteiger partial charge in [0.25, 0.3) is 0 Å². The van der Waals surface area contributed by atoms with E-state index >= 15 is 0 Å². The molecule has 2 amide bonds. The number of urea groups is 1. The van der Waals surface area contributed by atoms with Crippen molar-refractivity contribution in [1.29, 1.82) is 0 Å². The third-order valence-corrected chi connectivity index (χ3v) is 4.74. The Morgan fingerprint density at radius 3 is 2.65 bits per heavy atom. The van der Waals surface area contributed by atoms with Gasteiger partial charge in [0.1, 0.15) is 6.10 Å². The van der Waals surface area contributed by atoms with E-state index in [2.05, 4.69) is 22.8 Å². The van der Waals surface area contributed by atoms with Crippen LogP contribution >= 0.6 is 22.9 Å². The molecule has 1 aromatic heterocycles. The molecular weight excluding hydrogens is 332 g/mol. The van der Waals surface area contributed by atoms with Crippen molar-refractivity contribution in [2.75, 3.05) is 20.2 Å². The molecule has 23 heavy (non-hydrogen) atoms. The Hall–Kier alpha value is -1.56. The Kier molecular flexibility index (Phi) is 7.39. The zero-order valence-corrected chi connectivity index (χ0v) is 14.6. The number of methoxy groups -OCH3 is 1. The summed E-state index contributed by atoms with van der Waals surface area (Å²) in [6.07, 6.45) is 1.68. The second-order valence-corrected chi connectivity index (χ2v) is 6.84. The molecule has 4 nitrogen and oxygen atoms in total. The van der Waals surface area contributed by atoms with E-state index in [4.69, 9.17) is 16.3 Å². The van der Waals surface area contributed by atoms with E-state index < -0.39 is 0 Å². The maximum absolute atomic E-state index is 11.8. The van der Waals surface area contributed by atoms with Crippen LogP contribution in [0.3, 0.4) is 0 Å². The molecule has 0 spiro atoms. The Morgan fingerprint density at radius 2 is 2.00 bits per heavy atom. The highest BCUT2D eigenvalue weighted by molar-refractivity contribution is 7.16. The molecule has 1 aromatic carbocycles. The first-order valence-electron chi connectivity index (χ1n) is 7.52. The first-order chi connectivity index (χ1) is 11.2. The molecule has 1 atom stereocenters. The topological polar surface area (TPSA) is 50.4 Å². The predicted octanol–water partition coefficient (Wildman–Crippen LogP) is 4.02. The minimum absolute atomic E-state index is 0.178. The molecule has 2 rings (SSSR count). The van der Waals surface area contributed by atoms with Gasteiger partial charge in [-0.3, -0.25) is 0 Å². The standard InChI is InChI=1S/C17H21ClN2O2S/c1-22-14(15-9-10-16(18)23-15)12-20-17(21)19-11-5-8-13-6-3-2-4-7-13/h2-4,6-7,9-10,14H,5,8,11-12H2,1H3,(H2,19,20,21)/t14-/m1/s1. The molecule has 0 bridgehead atoms. The van der Waals surface area contributed by atoms with Crippen LogP contribution in [0.1, 0.15) is 23.0 Å². The number of amides is 2. The van der Waals surface area contributed by atoms with E-state index in [1.54, 1.807) is 7.11 Å². The lowest BCUT2D eigenvalue weighted by molar-refractivity contribution is 0.107. The highest BCUT2D eigenvalue weighted by Gasteiger charge is 2.14. The van der Waals surface area contributed by atoms with E-state index in [0.29, 0.717) is 17.4 Å². The third kappa shape index (κ3) is 6.22. The summed E-state index contributed by atoms with van der Waals surface area (Å²) in [4.78, 5) is 12.8. The van der Waals surface area contributed by atoms with Gasteiger partial charge < -0.3 is 15.4 Å². The maximum Gasteiger partial charge on any atom is 0.314 e. The Bertz CT molecular complexity index is 604. The van der Waals surface area contributed by atoms with Crippen LogP contribution in [0.25, 0.3) is 0 Å². The summed E-state index contributed by atoms with van der Waals surface area (Å²) in [6, 6.07) is 13.8. The molecular formula is C17H21ClN2O2S. The molecule has 2 N–H and O–H groups in total. The SMILES string of the molecule is CO[C@H](CNC(=O)NCCCc1ccccc1)c1ccc(Cl)s1. The van der Waals surface area contributed by atoms with Crippen LogP contribution in [0.5, 0.6) is 0 Å². The van der Waals surface area contributed by atoms with Gasteiger partial charge in [-0.1, -0.05) is 41.9 Å². The lowest BCUT2D eigenvalue weighted by Gasteiger charge is -2.15. The number of nitrogens with one attached hydrogen (secondary N) is 2. The van der Waals surface area contributed by atoms with Crippen molar-refractivity contribution in [3.8, 4) is 0 Å². The van der Waals surface area contributed by atoms with E-state index in [1.807, 2.05) is 30.3 Å². The lowest BCUT2D eigenvalue weighted by atomic mass is 10.1. The number of benzene rings is 1. The second-order valence-electron chi connectivity index (χ2n) is 5.09. The van der Waals surface area contributed by atoms with Crippen LogP contribution in [0.15, 0.2) is 42.5 Å². The average molecular weight is 353 g/mol. The fraction of sp³-hybridized carbons (Fsp3) is 0.353. The van der Waals surface area contributed by atoms with Crippen LogP contribution in [0, 0.1) is 0 Å². The van der Waals surface area contributed by atoms with Crippen molar-refractivity contribution in [3.63, 3.8) is 0 Å². The minimum atomic E-state index is -0.178. The average Bonchev–Trinajstić information content (AvgIpc) is 2.99. The highest BCUT2D eigenvalue weighted by atomic mass is 35.5. The molecule has 6 heteroatoms. The van der Waals surface area contributed by atoms with Gasteiger partial charge in [0.15, 0.2) is 0 Å². The van der Waals surface area contributed by atoms with Gasteiger partial charge in [-0.25, -0.2) is 4.79 Å². The van der Waals surface area contributed by atoms with E-state index in [-0.39, 0.29) is 12.1 Å². The van der Waals surface area contributed by atoms with Crippen molar-refractivity contribution in [3.05, 3.63) is 57.2 Å². The van der Waals surface area contributed by atoms with Crippen molar-refractivity contribution in [2.45, 2.75) is 18.9 Å². The number of thiophene rings is 1. The van der Waals surface area contributed by atoms with Crippen LogP contribution in [0.2, 0.25) is 4.34 Å². The van der Waals surface area contributed by atoms with Gasteiger partial charge in [0.05, 0.1) is 10.9 Å². The number of aryl methyl sites for hydroxylation is 1. The summed E-state index contributed by atoms with van der Waals surface area (Å²) in [7, 11) is 1.62. The molecule has 0 unspecified atom stereocenters. The van der Waals surface area contributed by atoms with Gasteiger partial charge in [-0.15, -0.1) is 11.3 Å². The van der Waals surface area contributed by atoms with Crippen LogP contribution in [0.4, 0.5) is 4.79 Å². The van der Waals surface area contributed by atoms with E-state index in [0.717, 1.165) is 17.7 Å². The maximum atomic E-state index is 11.8. The molecule has 0 fully saturated rings. The fourth-order valence-corrected chi connectivity index (χ4v) is 3.33. The molecule has 0 saturated carbocycles. The number of halogens is 1. The quantitative estimate of drug-likeness (QED) is 0.705. The zero-order valence-electron chi connectivity index (χ0n) is 13.0. The predicted molar refractivity (Wildman–Crippen MR) is 95.2 cm³/mol. The summed E-state index contributed by atoms with van der Waals surface area (Å²) in [6.45, 7) is 1.06. The minimum Gasteiger partial charge on any atom is -0.374 e. The molecule has 124 valence electrons. The Morgan fingerprint density at radius 1 is 1.22 bits per heavy atom. The molecule has 0 radical (unpaired) electrons. The normalized spacial score (nSPS) is 11.9. The summed E-state index contributed by atoms with van der Waals surface area (Å²) in [5, 5.41) is 5.69. The van der Waals surface area contributed by atoms with E-state index in [9.17, 15) is 4.79 Å². The molecule has 0 aliphatic carbocycles. The van der Waals surface area contributed by atoms with Gasteiger partial charge in [-0.05, 0) is 30.5 Å². The summed E-state index contributed by atoms with van der Waals surface area (Å²) in [5.74, 6) is 0. The largest absolute Gasteiger partial charge is 0.374 e. The number of ether oxygens (including phenoxy) is 1. The van der Waals surface area contributed by atoms with Crippen molar-refractivity contribution >= 4 is 29.0 Å². The van der Waals surface area contributed by atoms with Gasteiger partial charge in [0, 0.05) is 18.5 Å². The number of carbonyl (C=O) groups is 1. The number of carbonyl (C=O) groups excluding carboxylic acids is 1. The van der Waals surface area contributed by atoms with Crippen LogP contribution in [-0.4, -0.2) is 26.2 Å². The fourth-order valence-electron chi connectivity index (χ4n) is 2.19. The van der Waals surface area contributed by atoms with Gasteiger partial charge >= 0.3 is 6.03 Å². The molecule has 0 aliphatic rings. The number of hydrogen-bond donors (Lipinski definition) is 2. The van der Waals surface area contributed by atoms with Crippen molar-refractivity contribution < 1.29 is 9.53 Å². The Balaban J connectivity index is 1.64. The third-order valence-electron chi connectivity index (χ3n) is 3.41. The monoisotopic (exact) mass is 352 g/mol. The molecule has 2 aromatic rings. The van der Waals surface area contributed by atoms with E-state index in [1.165, 1.54) is 16.9 Å². The van der Waals surface area contributed by atoms with Gasteiger partial charge in [0.2, 0.25) is 0 Å². The first-order valence-corrected chi connectivity index (χ1v) is 8.72. The van der Waals surface area contributed by atoms with Crippen LogP contribution in [-0.2, 0) is 11.2 Å². The molecule has 0 saturated heterocycles. The smallest absolute Gasteiger partial charge is 0.314 e. The summed E-state index contributed by atoms with van der Waals surface area (Å²) < 4.78 is 6.11. The summed E-state index contributed by atoms with van der Waals surface area (Å²) in [5.41, 5.74) is 1.28. The highest BCUT2D eigenvalue weighted by Crippen LogP contribution is 2.28. The van der Waals surface area contributed by atoms with Crippen molar-refractivity contribution in [1.82, 2.24) is 10.6 Å². The second kappa shape index (κ2) is 9.55.